The predicted molar refractivity (Wildman–Crippen MR) is 158 cm³/mol. The molecule has 0 unspecified atom stereocenters. The van der Waals surface area contributed by atoms with Crippen molar-refractivity contribution < 1.29 is 9.90 Å². The molecule has 2 aromatic heterocycles. The monoisotopic (exact) mass is 516 g/mol. The Morgan fingerprint density at radius 2 is 1.79 bits per heavy atom. The van der Waals surface area contributed by atoms with Gasteiger partial charge in [-0.2, -0.15) is 0 Å². The van der Waals surface area contributed by atoms with E-state index in [0.29, 0.717) is 22.7 Å². The van der Waals surface area contributed by atoms with Crippen molar-refractivity contribution >= 4 is 34.7 Å². The minimum absolute atomic E-state index is 0.195. The highest BCUT2D eigenvalue weighted by molar-refractivity contribution is 6.09. The largest absolute Gasteiger partial charge is 0.508 e. The molecule has 194 valence electrons. The third-order valence-electron chi connectivity index (χ3n) is 6.57. The number of aliphatic imine (C=N–C) groups is 1. The van der Waals surface area contributed by atoms with E-state index in [4.69, 9.17) is 5.73 Å². The van der Waals surface area contributed by atoms with Crippen molar-refractivity contribution in [2.24, 2.45) is 12.0 Å². The van der Waals surface area contributed by atoms with Crippen LogP contribution in [0, 0.1) is 0 Å². The maximum Gasteiger partial charge on any atom is 0.250 e. The summed E-state index contributed by atoms with van der Waals surface area (Å²) in [5.41, 5.74) is 14.5. The lowest BCUT2D eigenvalue weighted by Crippen LogP contribution is -2.11. The molecule has 8 nitrogen and oxygen atoms in total. The molecule has 0 radical (unpaired) electrons. The van der Waals surface area contributed by atoms with E-state index in [1.807, 2.05) is 60.1 Å². The first-order valence-corrected chi connectivity index (χ1v) is 12.3. The van der Waals surface area contributed by atoms with E-state index in [1.165, 1.54) is 6.33 Å². The number of aryl methyl sites for hydroxylation is 1. The Bertz CT molecular complexity index is 1770. The summed E-state index contributed by atoms with van der Waals surface area (Å²) in [5, 5.41) is 13.6. The highest BCUT2D eigenvalue weighted by Crippen LogP contribution is 2.43. The normalized spacial score (nSPS) is 11.3. The third kappa shape index (κ3) is 4.75. The first-order valence-electron chi connectivity index (χ1n) is 12.3. The first kappa shape index (κ1) is 25.4. The standard InChI is InChI=1S/C31H28N6O2/c1-18(2)31(39)36-23-11-8-19(9-12-23)28-26(27-29(32)34-17-35-30(27)37(28)4)21-10-13-25(22(14-21)16-33-3)20-6-5-7-24(38)15-20/h5-17,38H,1H2,2-4H3,(H,36,39)(H2,32,34,35)/b33-16+. The number of nitrogens with one attached hydrogen (secondary N) is 1. The average Bonchev–Trinajstić information content (AvgIpc) is 3.22. The van der Waals surface area contributed by atoms with Gasteiger partial charge in [-0.25, -0.2) is 9.97 Å². The van der Waals surface area contributed by atoms with Crippen LogP contribution in [0.2, 0.25) is 0 Å². The number of nitrogen functional groups attached to an aromatic ring is 1. The van der Waals surface area contributed by atoms with Crippen molar-refractivity contribution in [2.75, 3.05) is 18.1 Å². The number of fused-ring (bicyclic) bond motifs is 1. The average molecular weight is 517 g/mol. The third-order valence-corrected chi connectivity index (χ3v) is 6.57. The molecule has 0 aliphatic heterocycles. The minimum atomic E-state index is -0.229. The number of carbonyl (C=O) groups excluding carboxylic acids is 1. The molecule has 4 N–H and O–H groups in total. The summed E-state index contributed by atoms with van der Waals surface area (Å²) in [7, 11) is 3.67. The molecule has 0 aliphatic rings. The van der Waals surface area contributed by atoms with Crippen LogP contribution in [-0.4, -0.2) is 38.8 Å². The maximum absolute atomic E-state index is 12.1. The Morgan fingerprint density at radius 1 is 1.05 bits per heavy atom. The zero-order chi connectivity index (χ0) is 27.7. The lowest BCUT2D eigenvalue weighted by Gasteiger charge is -2.13. The Hall–Kier alpha value is -5.24. The van der Waals surface area contributed by atoms with Gasteiger partial charge in [0.15, 0.2) is 0 Å². The summed E-state index contributed by atoms with van der Waals surface area (Å²) in [6.45, 7) is 5.36. The van der Waals surface area contributed by atoms with Crippen LogP contribution in [0.15, 0.2) is 90.2 Å². The van der Waals surface area contributed by atoms with Gasteiger partial charge in [0, 0.05) is 42.7 Å². The van der Waals surface area contributed by atoms with Crippen molar-refractivity contribution in [3.05, 3.63) is 90.8 Å². The van der Waals surface area contributed by atoms with Gasteiger partial charge in [0.05, 0.1) is 11.1 Å². The van der Waals surface area contributed by atoms with E-state index in [1.54, 1.807) is 32.3 Å². The number of amides is 1. The molecule has 0 bridgehead atoms. The van der Waals surface area contributed by atoms with Crippen LogP contribution >= 0.6 is 0 Å². The number of phenolic OH excluding ortho intramolecular Hbond substituents is 1. The topological polar surface area (TPSA) is 118 Å². The molecule has 0 fully saturated rings. The molecule has 5 aromatic rings. The van der Waals surface area contributed by atoms with Crippen LogP contribution in [0.25, 0.3) is 44.5 Å². The molecular weight excluding hydrogens is 488 g/mol. The number of phenols is 1. The summed E-state index contributed by atoms with van der Waals surface area (Å²) in [4.78, 5) is 25.2. The van der Waals surface area contributed by atoms with Crippen LogP contribution in [0.1, 0.15) is 12.5 Å². The first-order chi connectivity index (χ1) is 18.8. The Labute approximate surface area is 226 Å². The summed E-state index contributed by atoms with van der Waals surface area (Å²) in [5.74, 6) is 0.345. The van der Waals surface area contributed by atoms with Crippen LogP contribution in [-0.2, 0) is 11.8 Å². The molecule has 0 aliphatic carbocycles. The van der Waals surface area contributed by atoms with Gasteiger partial charge >= 0.3 is 0 Å². The molecule has 0 saturated heterocycles. The smallest absolute Gasteiger partial charge is 0.250 e. The molecule has 8 heteroatoms. The minimum Gasteiger partial charge on any atom is -0.508 e. The quantitative estimate of drug-likeness (QED) is 0.194. The van der Waals surface area contributed by atoms with Gasteiger partial charge < -0.3 is 20.7 Å². The summed E-state index contributed by atoms with van der Waals surface area (Å²) in [6.07, 6.45) is 3.26. The second-order valence-electron chi connectivity index (χ2n) is 9.29. The van der Waals surface area contributed by atoms with E-state index >= 15 is 0 Å². The van der Waals surface area contributed by atoms with Gasteiger partial charge in [0.25, 0.3) is 5.91 Å². The van der Waals surface area contributed by atoms with Crippen LogP contribution in [0.4, 0.5) is 11.5 Å². The van der Waals surface area contributed by atoms with Crippen LogP contribution < -0.4 is 11.1 Å². The number of anilines is 2. The molecule has 0 saturated carbocycles. The Balaban J connectivity index is 1.71. The SMILES string of the molecule is C=C(C)C(=O)Nc1ccc(-c2c(-c3ccc(-c4cccc(O)c4)c(/C=N/C)c3)c3c(N)ncnc3n2C)cc1. The van der Waals surface area contributed by atoms with Crippen molar-refractivity contribution in [2.45, 2.75) is 6.92 Å². The van der Waals surface area contributed by atoms with Gasteiger partial charge in [-0.3, -0.25) is 9.79 Å². The second kappa shape index (κ2) is 10.3. The van der Waals surface area contributed by atoms with Gasteiger partial charge in [-0.15, -0.1) is 0 Å². The number of benzene rings is 3. The molecule has 39 heavy (non-hydrogen) atoms. The van der Waals surface area contributed by atoms with Crippen molar-refractivity contribution in [3.8, 4) is 39.3 Å². The fraction of sp³-hybridized carbons (Fsp3) is 0.0968. The highest BCUT2D eigenvalue weighted by Gasteiger charge is 2.22. The van der Waals surface area contributed by atoms with Crippen LogP contribution in [0.3, 0.4) is 0 Å². The number of carbonyl (C=O) groups is 1. The highest BCUT2D eigenvalue weighted by atomic mass is 16.3. The number of aromatic nitrogens is 3. The van der Waals surface area contributed by atoms with Gasteiger partial charge in [-0.05, 0) is 59.5 Å². The molecule has 3 aromatic carbocycles. The van der Waals surface area contributed by atoms with Crippen molar-refractivity contribution in [1.29, 1.82) is 0 Å². The number of nitrogens with two attached hydrogens (primary N) is 1. The van der Waals surface area contributed by atoms with E-state index in [2.05, 4.69) is 32.9 Å². The number of nitrogens with zero attached hydrogens (tertiary/aromatic N) is 4. The molecule has 5 rings (SSSR count). The van der Waals surface area contributed by atoms with Crippen LogP contribution in [0.5, 0.6) is 5.75 Å². The Kier molecular flexibility index (Phi) is 6.68. The molecule has 1 amide bonds. The molecule has 2 heterocycles. The lowest BCUT2D eigenvalue weighted by molar-refractivity contribution is -0.112. The predicted octanol–water partition coefficient (Wildman–Crippen LogP) is 5.82. The summed E-state index contributed by atoms with van der Waals surface area (Å²) >= 11 is 0. The number of hydrogen-bond donors (Lipinski definition) is 3. The number of aromatic hydroxyl groups is 1. The van der Waals surface area contributed by atoms with Crippen molar-refractivity contribution in [3.63, 3.8) is 0 Å². The summed E-state index contributed by atoms with van der Waals surface area (Å²) < 4.78 is 2.00. The van der Waals surface area contributed by atoms with E-state index < -0.39 is 0 Å². The fourth-order valence-electron chi connectivity index (χ4n) is 4.74. The van der Waals surface area contributed by atoms with Gasteiger partial charge in [0.1, 0.15) is 23.5 Å². The molecule has 0 spiro atoms. The summed E-state index contributed by atoms with van der Waals surface area (Å²) in [6, 6.07) is 20.8. The maximum atomic E-state index is 12.1. The van der Waals surface area contributed by atoms with Crippen molar-refractivity contribution in [1.82, 2.24) is 14.5 Å². The van der Waals surface area contributed by atoms with E-state index in [-0.39, 0.29) is 11.7 Å². The second-order valence-corrected chi connectivity index (χ2v) is 9.29. The lowest BCUT2D eigenvalue weighted by atomic mass is 9.93. The zero-order valence-electron chi connectivity index (χ0n) is 21.9. The zero-order valence-corrected chi connectivity index (χ0v) is 21.9. The molecular formula is C31H28N6O2. The van der Waals surface area contributed by atoms with Gasteiger partial charge in [-0.1, -0.05) is 43.0 Å². The molecule has 0 atom stereocenters. The van der Waals surface area contributed by atoms with Gasteiger partial charge in [0.2, 0.25) is 0 Å². The van der Waals surface area contributed by atoms with E-state index in [0.717, 1.165) is 44.5 Å². The van der Waals surface area contributed by atoms with E-state index in [9.17, 15) is 9.90 Å². The number of rotatable bonds is 6. The number of hydrogen-bond acceptors (Lipinski definition) is 6. The Morgan fingerprint density at radius 3 is 2.49 bits per heavy atom. The fourth-order valence-corrected chi connectivity index (χ4v) is 4.74.